The van der Waals surface area contributed by atoms with Gasteiger partial charge < -0.3 is 5.32 Å². The van der Waals surface area contributed by atoms with Gasteiger partial charge in [-0.1, -0.05) is 12.1 Å². The highest BCUT2D eigenvalue weighted by Gasteiger charge is 2.07. The normalized spacial score (nSPS) is 10.2. The fourth-order valence-electron chi connectivity index (χ4n) is 1.62. The largest absolute Gasteiger partial charge is 0.355 e. The van der Waals surface area contributed by atoms with Crippen molar-refractivity contribution >= 4 is 5.91 Å². The lowest BCUT2D eigenvalue weighted by molar-refractivity contribution is 0.0963. The highest BCUT2D eigenvalue weighted by molar-refractivity contribution is 5.95. The summed E-state index contributed by atoms with van der Waals surface area (Å²) in [4.78, 5) is 14.5. The number of hydrogen-bond donors (Lipinski definition) is 1. The van der Waals surface area contributed by atoms with E-state index in [-0.39, 0.29) is 5.91 Å². The van der Waals surface area contributed by atoms with E-state index < -0.39 is 11.9 Å². The Kier molecular flexibility index (Phi) is 3.32. The van der Waals surface area contributed by atoms with Gasteiger partial charge in [0.15, 0.2) is 0 Å². The molecular weight excluding hydrogens is 238 g/mol. The Morgan fingerprint density at radius 2 is 1.78 bits per heavy atom. The van der Waals surface area contributed by atoms with E-state index in [0.29, 0.717) is 16.7 Å². The molecule has 5 heteroatoms. The third-order valence-electron chi connectivity index (χ3n) is 2.45. The van der Waals surface area contributed by atoms with E-state index in [2.05, 4.69) is 10.3 Å². The maximum Gasteiger partial charge on any atom is 0.251 e. The van der Waals surface area contributed by atoms with E-state index in [1.54, 1.807) is 24.3 Å². The Balaban J connectivity index is 2.47. The number of nitrogens with one attached hydrogen (secondary N) is 1. The standard InChI is InChI=1S/C13H10F2N2O/c1-16-13(18)9-4-2-3-8(5-9)10-6-11(14)17-12(15)7-10/h2-7H,1H3,(H,16,18). The molecule has 1 N–H and O–H groups in total. The van der Waals surface area contributed by atoms with E-state index in [4.69, 9.17) is 0 Å². The van der Waals surface area contributed by atoms with E-state index in [0.717, 1.165) is 12.1 Å². The van der Waals surface area contributed by atoms with Crippen LogP contribution in [-0.4, -0.2) is 17.9 Å². The third kappa shape index (κ3) is 2.51. The number of aromatic nitrogens is 1. The minimum absolute atomic E-state index is 0.258. The van der Waals surface area contributed by atoms with Gasteiger partial charge in [0.05, 0.1) is 0 Å². The van der Waals surface area contributed by atoms with Crippen LogP contribution in [-0.2, 0) is 0 Å². The Morgan fingerprint density at radius 3 is 2.39 bits per heavy atom. The molecule has 0 fully saturated rings. The fraction of sp³-hybridized carbons (Fsp3) is 0.0769. The number of pyridine rings is 1. The van der Waals surface area contributed by atoms with Crippen molar-refractivity contribution in [3.8, 4) is 11.1 Å². The number of nitrogens with zero attached hydrogens (tertiary/aromatic N) is 1. The summed E-state index contributed by atoms with van der Waals surface area (Å²) in [5.74, 6) is -2.04. The van der Waals surface area contributed by atoms with E-state index >= 15 is 0 Å². The van der Waals surface area contributed by atoms with Gasteiger partial charge in [0.1, 0.15) is 0 Å². The van der Waals surface area contributed by atoms with Crippen LogP contribution in [0.15, 0.2) is 36.4 Å². The first kappa shape index (κ1) is 12.2. The molecule has 0 spiro atoms. The Hall–Kier alpha value is -2.30. The zero-order valence-electron chi connectivity index (χ0n) is 9.58. The highest BCUT2D eigenvalue weighted by atomic mass is 19.1. The topological polar surface area (TPSA) is 42.0 Å². The minimum atomic E-state index is -0.893. The van der Waals surface area contributed by atoms with E-state index in [1.165, 1.54) is 7.05 Å². The first-order chi connectivity index (χ1) is 8.60. The summed E-state index contributed by atoms with van der Waals surface area (Å²) in [6, 6.07) is 8.73. The molecule has 3 nitrogen and oxygen atoms in total. The van der Waals surface area contributed by atoms with Crippen LogP contribution in [0.25, 0.3) is 11.1 Å². The number of carbonyl (C=O) groups is 1. The number of rotatable bonds is 2. The molecule has 0 atom stereocenters. The molecule has 0 aliphatic rings. The second-order valence-electron chi connectivity index (χ2n) is 3.66. The maximum atomic E-state index is 13.0. The predicted molar refractivity (Wildman–Crippen MR) is 63.0 cm³/mol. The van der Waals surface area contributed by atoms with Gasteiger partial charge in [-0.25, -0.2) is 0 Å². The van der Waals surface area contributed by atoms with Crippen LogP contribution in [0.5, 0.6) is 0 Å². The average molecular weight is 248 g/mol. The van der Waals surface area contributed by atoms with Crippen LogP contribution in [0.4, 0.5) is 8.78 Å². The van der Waals surface area contributed by atoms with Gasteiger partial charge in [-0.15, -0.1) is 0 Å². The zero-order chi connectivity index (χ0) is 13.1. The summed E-state index contributed by atoms with van der Waals surface area (Å²) >= 11 is 0. The molecular formula is C13H10F2N2O. The molecule has 92 valence electrons. The summed E-state index contributed by atoms with van der Waals surface area (Å²) in [6.07, 6.45) is 0. The highest BCUT2D eigenvalue weighted by Crippen LogP contribution is 2.21. The number of hydrogen-bond acceptors (Lipinski definition) is 2. The van der Waals surface area contributed by atoms with Gasteiger partial charge in [-0.2, -0.15) is 13.8 Å². The van der Waals surface area contributed by atoms with Crippen LogP contribution in [0, 0.1) is 11.9 Å². The van der Waals surface area contributed by atoms with E-state index in [9.17, 15) is 13.6 Å². The van der Waals surface area contributed by atoms with Crippen LogP contribution in [0.1, 0.15) is 10.4 Å². The lowest BCUT2D eigenvalue weighted by Gasteiger charge is -2.05. The molecule has 1 heterocycles. The van der Waals surface area contributed by atoms with Crippen LogP contribution in [0.3, 0.4) is 0 Å². The van der Waals surface area contributed by atoms with Gasteiger partial charge in [0, 0.05) is 24.7 Å². The Bertz CT molecular complexity index is 579. The predicted octanol–water partition coefficient (Wildman–Crippen LogP) is 2.39. The first-order valence-corrected chi connectivity index (χ1v) is 5.26. The molecule has 0 unspecified atom stereocenters. The summed E-state index contributed by atoms with van der Waals surface area (Å²) in [5.41, 5.74) is 1.31. The molecule has 2 aromatic rings. The fourth-order valence-corrected chi connectivity index (χ4v) is 1.62. The molecule has 0 saturated heterocycles. The summed E-state index contributed by atoms with van der Waals surface area (Å²) in [6.45, 7) is 0. The van der Waals surface area contributed by atoms with Crippen LogP contribution in [0.2, 0.25) is 0 Å². The maximum absolute atomic E-state index is 13.0. The monoisotopic (exact) mass is 248 g/mol. The summed E-state index contributed by atoms with van der Waals surface area (Å²) < 4.78 is 26.0. The molecule has 1 aromatic heterocycles. The molecule has 0 saturated carbocycles. The molecule has 18 heavy (non-hydrogen) atoms. The average Bonchev–Trinajstić information content (AvgIpc) is 2.37. The Labute approximate surface area is 102 Å². The van der Waals surface area contributed by atoms with Crippen molar-refractivity contribution in [1.29, 1.82) is 0 Å². The van der Waals surface area contributed by atoms with Crippen molar-refractivity contribution in [2.75, 3.05) is 7.05 Å². The molecule has 2 rings (SSSR count). The van der Waals surface area contributed by atoms with Crippen LogP contribution >= 0.6 is 0 Å². The van der Waals surface area contributed by atoms with Crippen molar-refractivity contribution in [2.45, 2.75) is 0 Å². The van der Waals surface area contributed by atoms with Crippen molar-refractivity contribution in [2.24, 2.45) is 0 Å². The summed E-state index contributed by atoms with van der Waals surface area (Å²) in [7, 11) is 1.51. The van der Waals surface area contributed by atoms with Crippen molar-refractivity contribution in [3.05, 3.63) is 53.9 Å². The molecule has 0 radical (unpaired) electrons. The van der Waals surface area contributed by atoms with E-state index in [1.807, 2.05) is 0 Å². The lowest BCUT2D eigenvalue weighted by Crippen LogP contribution is -2.17. The first-order valence-electron chi connectivity index (χ1n) is 5.26. The quantitative estimate of drug-likeness (QED) is 0.829. The van der Waals surface area contributed by atoms with Gasteiger partial charge in [-0.05, 0) is 23.3 Å². The SMILES string of the molecule is CNC(=O)c1cccc(-c2cc(F)nc(F)c2)c1. The molecule has 1 amide bonds. The molecule has 0 aliphatic carbocycles. The van der Waals surface area contributed by atoms with Crippen molar-refractivity contribution < 1.29 is 13.6 Å². The van der Waals surface area contributed by atoms with Gasteiger partial charge in [-0.3, -0.25) is 4.79 Å². The van der Waals surface area contributed by atoms with Crippen molar-refractivity contribution in [1.82, 2.24) is 10.3 Å². The summed E-state index contributed by atoms with van der Waals surface area (Å²) in [5, 5.41) is 2.48. The molecule has 1 aromatic carbocycles. The second-order valence-corrected chi connectivity index (χ2v) is 3.66. The number of carbonyl (C=O) groups excluding carboxylic acids is 1. The zero-order valence-corrected chi connectivity index (χ0v) is 9.58. The molecule has 0 bridgehead atoms. The number of benzene rings is 1. The number of amides is 1. The van der Waals surface area contributed by atoms with Crippen LogP contribution < -0.4 is 5.32 Å². The minimum Gasteiger partial charge on any atom is -0.355 e. The second kappa shape index (κ2) is 4.91. The lowest BCUT2D eigenvalue weighted by atomic mass is 10.0. The molecule has 0 aliphatic heterocycles. The third-order valence-corrected chi connectivity index (χ3v) is 2.45. The van der Waals surface area contributed by atoms with Crippen molar-refractivity contribution in [3.63, 3.8) is 0 Å². The smallest absolute Gasteiger partial charge is 0.251 e. The number of halogens is 2. The van der Waals surface area contributed by atoms with Gasteiger partial charge >= 0.3 is 0 Å². The van der Waals surface area contributed by atoms with Gasteiger partial charge in [0.2, 0.25) is 11.9 Å². The van der Waals surface area contributed by atoms with Gasteiger partial charge in [0.25, 0.3) is 5.91 Å². The Morgan fingerprint density at radius 1 is 1.11 bits per heavy atom.